The lowest BCUT2D eigenvalue weighted by Gasteiger charge is -2.35. The van der Waals surface area contributed by atoms with Gasteiger partial charge in [-0.25, -0.2) is 0 Å². The van der Waals surface area contributed by atoms with Gasteiger partial charge >= 0.3 is 0 Å². The van der Waals surface area contributed by atoms with Crippen molar-refractivity contribution in [3.63, 3.8) is 0 Å². The molecule has 0 aliphatic rings. The average molecular weight is 612 g/mol. The molecule has 8 aromatic rings. The number of rotatable bonds is 6. The van der Waals surface area contributed by atoms with Crippen LogP contribution in [0, 0.1) is 0 Å². The summed E-state index contributed by atoms with van der Waals surface area (Å²) in [6.07, 6.45) is 0. The Bertz CT molecular complexity index is 2160. The molecule has 214 valence electrons. The summed E-state index contributed by atoms with van der Waals surface area (Å²) in [6, 6.07) is 65.8. The van der Waals surface area contributed by atoms with Gasteiger partial charge in [-0.15, -0.1) is 0 Å². The summed E-state index contributed by atoms with van der Waals surface area (Å²) in [5, 5.41) is 8.41. The van der Waals surface area contributed by atoms with E-state index in [9.17, 15) is 0 Å². The number of aromatic nitrogens is 1. The molecule has 45 heavy (non-hydrogen) atoms. The van der Waals surface area contributed by atoms with Crippen molar-refractivity contribution in [3.8, 4) is 16.8 Å². The Morgan fingerprint density at radius 2 is 0.889 bits per heavy atom. The van der Waals surface area contributed by atoms with Crippen LogP contribution in [0.2, 0.25) is 5.02 Å². The Morgan fingerprint density at radius 3 is 1.49 bits per heavy atom. The summed E-state index contributed by atoms with van der Waals surface area (Å²) in [5.74, 6) is 0. The van der Waals surface area contributed by atoms with Crippen LogP contribution < -0.4 is 20.7 Å². The highest BCUT2D eigenvalue weighted by Gasteiger charge is 2.41. The first-order valence-electron chi connectivity index (χ1n) is 15.3. The Kier molecular flexibility index (Phi) is 6.94. The maximum atomic E-state index is 7.15. The Balaban J connectivity index is 1.44. The van der Waals surface area contributed by atoms with E-state index in [-0.39, 0.29) is 0 Å². The van der Waals surface area contributed by atoms with Gasteiger partial charge in [0, 0.05) is 21.5 Å². The second-order valence-corrected chi connectivity index (χ2v) is 15.7. The lowest BCUT2D eigenvalue weighted by atomic mass is 10.0. The van der Waals surface area contributed by atoms with Gasteiger partial charge in [0.1, 0.15) is 0 Å². The molecular weight excluding hydrogens is 582 g/mol. The Hall–Kier alpha value is -5.15. The maximum absolute atomic E-state index is 7.15. The fourth-order valence-electron chi connectivity index (χ4n) is 7.05. The summed E-state index contributed by atoms with van der Waals surface area (Å²) >= 11 is 7.15. The van der Waals surface area contributed by atoms with E-state index in [0.29, 0.717) is 0 Å². The standard InChI is InChI=1S/C42H30ClNSi/c43-33-28-34(44-41-24-14-13-23-39(41)40-27-32(25-26-42(40)44)31-15-5-1-6-16-31)30-38(29-33)45(35-17-7-2-8-18-35,36-19-9-3-10-20-36)37-21-11-4-12-22-37/h1-30H. The van der Waals surface area contributed by atoms with Crippen LogP contribution in [-0.4, -0.2) is 12.6 Å². The molecule has 0 aliphatic heterocycles. The Morgan fingerprint density at radius 1 is 0.378 bits per heavy atom. The van der Waals surface area contributed by atoms with E-state index in [1.165, 1.54) is 42.6 Å². The molecule has 7 aromatic carbocycles. The summed E-state index contributed by atoms with van der Waals surface area (Å²) in [5.41, 5.74) is 5.82. The van der Waals surface area contributed by atoms with Crippen molar-refractivity contribution in [2.45, 2.75) is 0 Å². The molecule has 0 atom stereocenters. The van der Waals surface area contributed by atoms with Crippen LogP contribution in [0.25, 0.3) is 38.6 Å². The van der Waals surface area contributed by atoms with E-state index in [4.69, 9.17) is 11.6 Å². The van der Waals surface area contributed by atoms with Crippen molar-refractivity contribution in [3.05, 3.63) is 187 Å². The van der Waals surface area contributed by atoms with E-state index in [1.807, 2.05) is 0 Å². The quantitative estimate of drug-likeness (QED) is 0.131. The van der Waals surface area contributed by atoms with Gasteiger partial charge in [0.15, 0.2) is 8.07 Å². The third-order valence-corrected chi connectivity index (χ3v) is 13.9. The van der Waals surface area contributed by atoms with E-state index >= 15 is 0 Å². The van der Waals surface area contributed by atoms with Gasteiger partial charge in [0.05, 0.1) is 11.0 Å². The van der Waals surface area contributed by atoms with Crippen LogP contribution >= 0.6 is 11.6 Å². The molecule has 0 aliphatic carbocycles. The number of halogens is 1. The predicted molar refractivity (Wildman–Crippen MR) is 195 cm³/mol. The number of fused-ring (bicyclic) bond motifs is 3. The zero-order chi connectivity index (χ0) is 30.2. The normalized spacial score (nSPS) is 11.7. The fourth-order valence-corrected chi connectivity index (χ4v) is 12.2. The molecule has 0 bridgehead atoms. The van der Waals surface area contributed by atoms with Crippen molar-refractivity contribution >= 4 is 62.2 Å². The monoisotopic (exact) mass is 611 g/mol. The van der Waals surface area contributed by atoms with Gasteiger partial charge < -0.3 is 4.57 Å². The molecule has 8 rings (SSSR count). The second kappa shape index (κ2) is 11.4. The first-order valence-corrected chi connectivity index (χ1v) is 17.7. The molecule has 1 nitrogen and oxygen atoms in total. The third kappa shape index (κ3) is 4.62. The zero-order valence-corrected chi connectivity index (χ0v) is 26.4. The summed E-state index contributed by atoms with van der Waals surface area (Å²) in [4.78, 5) is 0. The minimum Gasteiger partial charge on any atom is -0.309 e. The average Bonchev–Trinajstić information content (AvgIpc) is 3.44. The summed E-state index contributed by atoms with van der Waals surface area (Å²) < 4.78 is 2.38. The van der Waals surface area contributed by atoms with Gasteiger partial charge in [-0.05, 0) is 68.3 Å². The molecule has 3 heteroatoms. The predicted octanol–water partition coefficient (Wildman–Crippen LogP) is 8.48. The highest BCUT2D eigenvalue weighted by molar-refractivity contribution is 7.20. The number of hydrogen-bond acceptors (Lipinski definition) is 0. The lowest BCUT2D eigenvalue weighted by molar-refractivity contribution is 1.18. The summed E-state index contributed by atoms with van der Waals surface area (Å²) in [6.45, 7) is 0. The van der Waals surface area contributed by atoms with Crippen LogP contribution in [0.3, 0.4) is 0 Å². The smallest absolute Gasteiger partial charge is 0.179 e. The zero-order valence-electron chi connectivity index (χ0n) is 24.6. The molecule has 0 saturated carbocycles. The number of para-hydroxylation sites is 1. The van der Waals surface area contributed by atoms with E-state index < -0.39 is 8.07 Å². The van der Waals surface area contributed by atoms with Gasteiger partial charge in [0.2, 0.25) is 0 Å². The highest BCUT2D eigenvalue weighted by Crippen LogP contribution is 2.35. The minimum absolute atomic E-state index is 0.731. The number of benzene rings is 7. The first kappa shape index (κ1) is 27.4. The topological polar surface area (TPSA) is 4.93 Å². The molecular formula is C42H30ClNSi. The summed E-state index contributed by atoms with van der Waals surface area (Å²) in [7, 11) is -2.76. The van der Waals surface area contributed by atoms with Crippen LogP contribution in [0.15, 0.2) is 182 Å². The van der Waals surface area contributed by atoms with Crippen molar-refractivity contribution < 1.29 is 0 Å². The molecule has 0 amide bonds. The third-order valence-electron chi connectivity index (χ3n) is 8.97. The van der Waals surface area contributed by atoms with Crippen LogP contribution in [0.5, 0.6) is 0 Å². The second-order valence-electron chi connectivity index (χ2n) is 11.5. The fraction of sp³-hybridized carbons (Fsp3) is 0. The van der Waals surface area contributed by atoms with E-state index in [0.717, 1.165) is 21.7 Å². The highest BCUT2D eigenvalue weighted by atomic mass is 35.5. The minimum atomic E-state index is -2.76. The van der Waals surface area contributed by atoms with Crippen LogP contribution in [-0.2, 0) is 0 Å². The van der Waals surface area contributed by atoms with Crippen molar-refractivity contribution in [1.82, 2.24) is 4.57 Å². The van der Waals surface area contributed by atoms with E-state index in [2.05, 4.69) is 187 Å². The number of hydrogen-bond donors (Lipinski definition) is 0. The van der Waals surface area contributed by atoms with Crippen LogP contribution in [0.1, 0.15) is 0 Å². The van der Waals surface area contributed by atoms with Crippen LogP contribution in [0.4, 0.5) is 0 Å². The molecule has 0 N–H and O–H groups in total. The molecule has 1 heterocycles. The van der Waals surface area contributed by atoms with Gasteiger partial charge in [-0.3, -0.25) is 0 Å². The molecule has 0 radical (unpaired) electrons. The molecule has 0 saturated heterocycles. The van der Waals surface area contributed by atoms with Crippen molar-refractivity contribution in [1.29, 1.82) is 0 Å². The molecule has 0 fully saturated rings. The largest absolute Gasteiger partial charge is 0.309 e. The molecule has 0 unspecified atom stereocenters. The van der Waals surface area contributed by atoms with E-state index in [1.54, 1.807) is 0 Å². The van der Waals surface area contributed by atoms with Crippen molar-refractivity contribution in [2.75, 3.05) is 0 Å². The molecule has 1 aromatic heterocycles. The van der Waals surface area contributed by atoms with Crippen molar-refractivity contribution in [2.24, 2.45) is 0 Å². The van der Waals surface area contributed by atoms with Gasteiger partial charge in [-0.2, -0.15) is 0 Å². The lowest BCUT2D eigenvalue weighted by Crippen LogP contribution is -2.74. The Labute approximate surface area is 269 Å². The van der Waals surface area contributed by atoms with Gasteiger partial charge in [0.25, 0.3) is 0 Å². The van der Waals surface area contributed by atoms with Gasteiger partial charge in [-0.1, -0.05) is 157 Å². The molecule has 0 spiro atoms. The number of nitrogens with zero attached hydrogens (tertiary/aromatic N) is 1. The maximum Gasteiger partial charge on any atom is 0.179 e. The first-order chi connectivity index (χ1) is 22.2. The SMILES string of the molecule is Clc1cc(-n2c3ccccc3c3cc(-c4ccccc4)ccc32)cc([Si](c2ccccc2)(c2ccccc2)c2ccccc2)c1.